The Hall–Kier alpha value is -1.79. The van der Waals surface area contributed by atoms with E-state index >= 15 is 0 Å². The highest BCUT2D eigenvalue weighted by Gasteiger charge is 2.37. The van der Waals surface area contributed by atoms with Gasteiger partial charge < -0.3 is 19.9 Å². The number of ether oxygens (including phenoxy) is 1. The smallest absolute Gasteiger partial charge is 0.264 e. The maximum atomic E-state index is 12.9. The lowest BCUT2D eigenvalue weighted by molar-refractivity contribution is -0.144. The molecule has 1 aromatic rings. The summed E-state index contributed by atoms with van der Waals surface area (Å²) < 4.78 is 5.84. The first kappa shape index (κ1) is 16.7. The first-order valence-electron chi connectivity index (χ1n) is 8.86. The van der Waals surface area contributed by atoms with E-state index in [4.69, 9.17) is 16.3 Å². The van der Waals surface area contributed by atoms with Crippen molar-refractivity contribution in [2.24, 2.45) is 0 Å². The highest BCUT2D eigenvalue weighted by Crippen LogP contribution is 2.32. The van der Waals surface area contributed by atoms with Crippen LogP contribution in [0.15, 0.2) is 18.2 Å². The summed E-state index contributed by atoms with van der Waals surface area (Å²) >= 11 is 6.02. The van der Waals surface area contributed by atoms with Gasteiger partial charge in [0.1, 0.15) is 5.75 Å². The van der Waals surface area contributed by atoms with E-state index in [1.807, 2.05) is 21.9 Å². The Morgan fingerprint density at radius 1 is 1.32 bits per heavy atom. The van der Waals surface area contributed by atoms with Gasteiger partial charge in [0.05, 0.1) is 6.54 Å². The molecule has 2 unspecified atom stereocenters. The Morgan fingerprint density at radius 2 is 2.20 bits per heavy atom. The molecule has 0 aliphatic carbocycles. The summed E-state index contributed by atoms with van der Waals surface area (Å²) in [6.45, 7) is 3.26. The first-order valence-corrected chi connectivity index (χ1v) is 9.23. The summed E-state index contributed by atoms with van der Waals surface area (Å²) in [4.78, 5) is 28.8. The monoisotopic (exact) mass is 363 g/mol. The molecule has 2 fully saturated rings. The van der Waals surface area contributed by atoms with Crippen LogP contribution in [0.25, 0.3) is 0 Å². The van der Waals surface area contributed by atoms with Crippen molar-refractivity contribution in [3.63, 3.8) is 0 Å². The van der Waals surface area contributed by atoms with Crippen LogP contribution < -0.4 is 10.1 Å². The average molecular weight is 364 g/mol. The van der Waals surface area contributed by atoms with E-state index in [1.54, 1.807) is 6.07 Å². The van der Waals surface area contributed by atoms with Crippen LogP contribution in [0.3, 0.4) is 0 Å². The van der Waals surface area contributed by atoms with Crippen LogP contribution in [0.4, 0.5) is 0 Å². The van der Waals surface area contributed by atoms with Crippen molar-refractivity contribution in [2.45, 2.75) is 31.4 Å². The van der Waals surface area contributed by atoms with Crippen LogP contribution in [0, 0.1) is 0 Å². The van der Waals surface area contributed by atoms with Crippen molar-refractivity contribution in [1.82, 2.24) is 15.1 Å². The van der Waals surface area contributed by atoms with Gasteiger partial charge in [0.2, 0.25) is 5.91 Å². The number of likely N-dealkylation sites (tertiary alicyclic amines) is 1. The molecule has 1 N–H and O–H groups in total. The highest BCUT2D eigenvalue weighted by atomic mass is 35.5. The second-order valence-corrected chi connectivity index (χ2v) is 7.34. The second kappa shape index (κ2) is 6.84. The molecule has 0 saturated carbocycles. The van der Waals surface area contributed by atoms with E-state index in [-0.39, 0.29) is 17.9 Å². The molecule has 0 radical (unpaired) electrons. The molecule has 2 amide bonds. The van der Waals surface area contributed by atoms with Gasteiger partial charge in [-0.15, -0.1) is 0 Å². The van der Waals surface area contributed by atoms with Crippen molar-refractivity contribution < 1.29 is 14.3 Å². The number of fused-ring (bicyclic) bond motifs is 1. The maximum absolute atomic E-state index is 12.9. The van der Waals surface area contributed by atoms with Gasteiger partial charge in [-0.2, -0.15) is 0 Å². The molecule has 0 bridgehead atoms. The Morgan fingerprint density at radius 3 is 3.04 bits per heavy atom. The zero-order chi connectivity index (χ0) is 17.4. The van der Waals surface area contributed by atoms with E-state index in [1.165, 1.54) is 0 Å². The third-order valence-corrected chi connectivity index (χ3v) is 5.48. The molecule has 25 heavy (non-hydrogen) atoms. The number of amides is 2. The average Bonchev–Trinajstić information content (AvgIpc) is 3.04. The van der Waals surface area contributed by atoms with Crippen molar-refractivity contribution >= 4 is 23.4 Å². The summed E-state index contributed by atoms with van der Waals surface area (Å²) in [5.41, 5.74) is 0.983. The lowest BCUT2D eigenvalue weighted by Gasteiger charge is -2.41. The van der Waals surface area contributed by atoms with Crippen LogP contribution >= 0.6 is 11.6 Å². The van der Waals surface area contributed by atoms with Crippen molar-refractivity contribution in [3.8, 4) is 5.75 Å². The minimum atomic E-state index is -0.481. The van der Waals surface area contributed by atoms with Gasteiger partial charge in [-0.05, 0) is 36.6 Å². The zero-order valence-corrected chi connectivity index (χ0v) is 14.8. The summed E-state index contributed by atoms with van der Waals surface area (Å²) in [5.74, 6) is 0.887. The number of rotatable bonds is 2. The summed E-state index contributed by atoms with van der Waals surface area (Å²) in [6.07, 6.45) is 1.95. The van der Waals surface area contributed by atoms with E-state index in [9.17, 15) is 9.59 Å². The molecule has 3 aliphatic rings. The van der Waals surface area contributed by atoms with Gasteiger partial charge in [0.15, 0.2) is 6.10 Å². The van der Waals surface area contributed by atoms with Crippen LogP contribution in [0.5, 0.6) is 5.75 Å². The van der Waals surface area contributed by atoms with Crippen molar-refractivity contribution in [1.29, 1.82) is 0 Å². The van der Waals surface area contributed by atoms with Gasteiger partial charge in [-0.25, -0.2) is 0 Å². The quantitative estimate of drug-likeness (QED) is 0.853. The number of piperidine rings is 1. The van der Waals surface area contributed by atoms with E-state index in [0.29, 0.717) is 24.5 Å². The molecule has 3 aliphatic heterocycles. The summed E-state index contributed by atoms with van der Waals surface area (Å²) in [5, 5.41) is 3.75. The summed E-state index contributed by atoms with van der Waals surface area (Å²) in [6, 6.07) is 5.58. The highest BCUT2D eigenvalue weighted by molar-refractivity contribution is 6.30. The van der Waals surface area contributed by atoms with Crippen LogP contribution in [0.2, 0.25) is 5.02 Å². The molecule has 6 nitrogen and oxygen atoms in total. The topological polar surface area (TPSA) is 61.9 Å². The lowest BCUT2D eigenvalue weighted by Crippen LogP contribution is -2.58. The number of benzene rings is 1. The second-order valence-electron chi connectivity index (χ2n) is 6.91. The number of carbonyl (C=O) groups is 2. The number of nitrogens with one attached hydrogen (secondary N) is 1. The number of hydrogen-bond acceptors (Lipinski definition) is 4. The van der Waals surface area contributed by atoms with E-state index in [2.05, 4.69) is 5.32 Å². The molecule has 134 valence electrons. The van der Waals surface area contributed by atoms with Crippen molar-refractivity contribution in [2.75, 3.05) is 32.7 Å². The van der Waals surface area contributed by atoms with Crippen LogP contribution in [-0.2, 0) is 16.0 Å². The predicted octanol–water partition coefficient (Wildman–Crippen LogP) is 1.07. The van der Waals surface area contributed by atoms with E-state index < -0.39 is 6.10 Å². The minimum absolute atomic E-state index is 0.0135. The number of hydrogen-bond donors (Lipinski definition) is 1. The fourth-order valence-electron chi connectivity index (χ4n) is 3.98. The number of carbonyl (C=O) groups excluding carboxylic acids is 2. The molecular weight excluding hydrogens is 342 g/mol. The third-order valence-electron chi connectivity index (χ3n) is 5.25. The molecule has 0 spiro atoms. The van der Waals surface area contributed by atoms with Gasteiger partial charge in [0, 0.05) is 43.7 Å². The van der Waals surface area contributed by atoms with E-state index in [0.717, 1.165) is 43.8 Å². The number of piperazine rings is 1. The lowest BCUT2D eigenvalue weighted by atomic mass is 10.0. The molecule has 2 atom stereocenters. The Kier molecular flexibility index (Phi) is 4.56. The molecule has 2 saturated heterocycles. The molecular formula is C18H22ClN3O3. The Balaban J connectivity index is 1.41. The third kappa shape index (κ3) is 3.33. The SMILES string of the molecule is O=C(C1Cc2cc(Cl)ccc2O1)N1CCCC(N2CCNCC2=O)C1. The summed E-state index contributed by atoms with van der Waals surface area (Å²) in [7, 11) is 0. The Labute approximate surface area is 152 Å². The van der Waals surface area contributed by atoms with Gasteiger partial charge in [-0.3, -0.25) is 9.59 Å². The minimum Gasteiger partial charge on any atom is -0.480 e. The standard InChI is InChI=1S/C18H22ClN3O3/c19-13-3-4-15-12(8-13)9-16(25-15)18(24)21-6-1-2-14(11-21)22-7-5-20-10-17(22)23/h3-4,8,14,16,20H,1-2,5-7,9-11H2. The van der Waals surface area contributed by atoms with Crippen LogP contribution in [-0.4, -0.2) is 66.5 Å². The molecule has 3 heterocycles. The van der Waals surface area contributed by atoms with Crippen molar-refractivity contribution in [3.05, 3.63) is 28.8 Å². The van der Waals surface area contributed by atoms with Gasteiger partial charge >= 0.3 is 0 Å². The normalized spacial score (nSPS) is 26.4. The first-order chi connectivity index (χ1) is 12.1. The fourth-order valence-corrected chi connectivity index (χ4v) is 4.17. The fraction of sp³-hybridized carbons (Fsp3) is 0.556. The predicted molar refractivity (Wildman–Crippen MR) is 93.8 cm³/mol. The molecule has 7 heteroatoms. The maximum Gasteiger partial charge on any atom is 0.264 e. The molecule has 0 aromatic heterocycles. The molecule has 1 aromatic carbocycles. The Bertz CT molecular complexity index is 696. The van der Waals surface area contributed by atoms with Gasteiger partial charge in [0.25, 0.3) is 5.91 Å². The largest absolute Gasteiger partial charge is 0.480 e. The zero-order valence-electron chi connectivity index (χ0n) is 14.0. The molecule has 4 rings (SSSR count). The number of halogens is 1. The number of nitrogens with zero attached hydrogens (tertiary/aromatic N) is 2. The van der Waals surface area contributed by atoms with Crippen LogP contribution in [0.1, 0.15) is 18.4 Å². The van der Waals surface area contributed by atoms with Gasteiger partial charge in [-0.1, -0.05) is 11.6 Å².